The zero-order chi connectivity index (χ0) is 36.1. The summed E-state index contributed by atoms with van der Waals surface area (Å²) in [5.41, 5.74) is 0. The van der Waals surface area contributed by atoms with Crippen molar-refractivity contribution in [2.45, 2.75) is 206 Å². The second-order valence-electron chi connectivity index (χ2n) is 13.6. The number of carbonyl (C=O) groups excluding carboxylic acids is 2. The summed E-state index contributed by atoms with van der Waals surface area (Å²) in [6.45, 7) is 3.64. The molecule has 0 saturated carbocycles. The zero-order valence-corrected chi connectivity index (χ0v) is 32.5. The van der Waals surface area contributed by atoms with Gasteiger partial charge in [0, 0.05) is 12.8 Å². The van der Waals surface area contributed by atoms with E-state index >= 15 is 0 Å². The molecule has 0 aromatic rings. The molecular formula is C40H75O8P. The highest BCUT2D eigenvalue weighted by Gasteiger charge is 2.22. The molecule has 0 fully saturated rings. The Balaban J connectivity index is 3.92. The van der Waals surface area contributed by atoms with Crippen molar-refractivity contribution in [1.29, 1.82) is 0 Å². The van der Waals surface area contributed by atoms with Gasteiger partial charge in [-0.2, -0.15) is 0 Å². The molecule has 2 N–H and O–H groups in total. The number of phosphoric acid groups is 1. The molecule has 0 saturated heterocycles. The molecule has 49 heavy (non-hydrogen) atoms. The highest BCUT2D eigenvalue weighted by Crippen LogP contribution is 2.36. The van der Waals surface area contributed by atoms with Gasteiger partial charge in [0.25, 0.3) is 0 Å². The summed E-state index contributed by atoms with van der Waals surface area (Å²) >= 11 is 0. The molecule has 0 spiro atoms. The van der Waals surface area contributed by atoms with Gasteiger partial charge in [-0.3, -0.25) is 14.1 Å². The lowest BCUT2D eigenvalue weighted by Crippen LogP contribution is -2.29. The summed E-state index contributed by atoms with van der Waals surface area (Å²) in [7, 11) is -4.75. The average molecular weight is 715 g/mol. The summed E-state index contributed by atoms with van der Waals surface area (Å²) in [6.07, 6.45) is 40.4. The van der Waals surface area contributed by atoms with Crippen LogP contribution < -0.4 is 0 Å². The standard InChI is InChI=1S/C40H75O8P/c1-3-5-7-9-11-13-15-17-19-20-21-23-25-27-29-31-33-35-40(42)48-38(37-47-49(43,44)45)36-46-39(41)34-32-30-28-26-24-22-18-16-14-12-10-8-6-4-2/h10,12,16,18,38H,3-9,11,13-15,17,19-37H2,1-2H3,(H2,43,44,45)/b12-10-,18-16-/t38-/m1/s1. The minimum absolute atomic E-state index is 0.213. The molecule has 0 radical (unpaired) electrons. The summed E-state index contributed by atoms with van der Waals surface area (Å²) in [4.78, 5) is 42.8. The first-order valence-corrected chi connectivity index (χ1v) is 21.7. The molecule has 0 aromatic carbocycles. The number of carbonyl (C=O) groups is 2. The molecule has 0 aliphatic heterocycles. The van der Waals surface area contributed by atoms with Gasteiger partial charge in [0.05, 0.1) is 6.61 Å². The minimum atomic E-state index is -4.75. The lowest BCUT2D eigenvalue weighted by molar-refractivity contribution is -0.161. The van der Waals surface area contributed by atoms with Crippen molar-refractivity contribution in [3.63, 3.8) is 0 Å². The third kappa shape index (κ3) is 39.2. The average Bonchev–Trinajstić information content (AvgIpc) is 3.07. The van der Waals surface area contributed by atoms with Crippen LogP contribution in [0.1, 0.15) is 200 Å². The maximum atomic E-state index is 12.4. The van der Waals surface area contributed by atoms with Gasteiger partial charge in [0.15, 0.2) is 6.10 Å². The van der Waals surface area contributed by atoms with Crippen LogP contribution in [-0.2, 0) is 28.2 Å². The molecule has 9 heteroatoms. The van der Waals surface area contributed by atoms with E-state index < -0.39 is 32.5 Å². The number of rotatable bonds is 37. The van der Waals surface area contributed by atoms with Crippen molar-refractivity contribution in [1.82, 2.24) is 0 Å². The monoisotopic (exact) mass is 715 g/mol. The second kappa shape index (κ2) is 36.3. The van der Waals surface area contributed by atoms with Crippen LogP contribution in [0.3, 0.4) is 0 Å². The molecule has 288 valence electrons. The van der Waals surface area contributed by atoms with Gasteiger partial charge in [0.2, 0.25) is 0 Å². The maximum absolute atomic E-state index is 12.4. The number of esters is 2. The third-order valence-corrected chi connectivity index (χ3v) is 9.21. The number of unbranched alkanes of at least 4 members (excludes halogenated alkanes) is 23. The van der Waals surface area contributed by atoms with Crippen LogP contribution in [0.4, 0.5) is 0 Å². The third-order valence-electron chi connectivity index (χ3n) is 8.72. The molecule has 0 aliphatic carbocycles. The Morgan fingerprint density at radius 2 is 0.939 bits per heavy atom. The fraction of sp³-hybridized carbons (Fsp3) is 0.850. The highest BCUT2D eigenvalue weighted by atomic mass is 31.2. The highest BCUT2D eigenvalue weighted by molar-refractivity contribution is 7.46. The maximum Gasteiger partial charge on any atom is 0.469 e. The van der Waals surface area contributed by atoms with Crippen molar-refractivity contribution in [2.24, 2.45) is 0 Å². The van der Waals surface area contributed by atoms with Gasteiger partial charge in [-0.15, -0.1) is 0 Å². The number of hydrogen-bond acceptors (Lipinski definition) is 6. The molecule has 0 rings (SSSR count). The van der Waals surface area contributed by atoms with Crippen molar-refractivity contribution in [3.8, 4) is 0 Å². The van der Waals surface area contributed by atoms with Crippen LogP contribution in [-0.4, -0.2) is 41.0 Å². The lowest BCUT2D eigenvalue weighted by Gasteiger charge is -2.18. The first kappa shape index (κ1) is 47.5. The van der Waals surface area contributed by atoms with E-state index in [9.17, 15) is 14.2 Å². The summed E-state index contributed by atoms with van der Waals surface area (Å²) in [5.74, 6) is -0.894. The second-order valence-corrected chi connectivity index (χ2v) is 14.9. The van der Waals surface area contributed by atoms with Crippen molar-refractivity contribution in [2.75, 3.05) is 13.2 Å². The molecule has 0 aromatic heterocycles. The first-order valence-electron chi connectivity index (χ1n) is 20.1. The fourth-order valence-electron chi connectivity index (χ4n) is 5.68. The number of phosphoric ester groups is 1. The minimum Gasteiger partial charge on any atom is -0.462 e. The zero-order valence-electron chi connectivity index (χ0n) is 31.6. The molecule has 8 nitrogen and oxygen atoms in total. The Morgan fingerprint density at radius 3 is 1.41 bits per heavy atom. The first-order chi connectivity index (χ1) is 23.8. The Hall–Kier alpha value is -1.47. The molecule has 0 unspecified atom stereocenters. The van der Waals surface area contributed by atoms with Gasteiger partial charge < -0.3 is 19.3 Å². The van der Waals surface area contributed by atoms with Crippen LogP contribution in [0.5, 0.6) is 0 Å². The van der Waals surface area contributed by atoms with Crippen molar-refractivity contribution in [3.05, 3.63) is 24.3 Å². The smallest absolute Gasteiger partial charge is 0.462 e. The number of hydrogen-bond donors (Lipinski definition) is 2. The van der Waals surface area contributed by atoms with Gasteiger partial charge in [-0.05, 0) is 38.5 Å². The van der Waals surface area contributed by atoms with E-state index in [1.54, 1.807) is 0 Å². The van der Waals surface area contributed by atoms with E-state index in [4.69, 9.17) is 19.3 Å². The van der Waals surface area contributed by atoms with E-state index in [0.717, 1.165) is 64.2 Å². The van der Waals surface area contributed by atoms with Crippen LogP contribution in [0.25, 0.3) is 0 Å². The summed E-state index contributed by atoms with van der Waals surface area (Å²) in [5, 5.41) is 0. The molecule has 0 bridgehead atoms. The molecule has 0 amide bonds. The van der Waals surface area contributed by atoms with Gasteiger partial charge in [0.1, 0.15) is 6.61 Å². The van der Waals surface area contributed by atoms with E-state index in [0.29, 0.717) is 12.8 Å². The van der Waals surface area contributed by atoms with Crippen LogP contribution in [0.15, 0.2) is 24.3 Å². The Morgan fingerprint density at radius 1 is 0.531 bits per heavy atom. The lowest BCUT2D eigenvalue weighted by atomic mass is 10.0. The van der Waals surface area contributed by atoms with Crippen LogP contribution in [0, 0.1) is 0 Å². The summed E-state index contributed by atoms with van der Waals surface area (Å²) < 4.78 is 26.3. The number of allylic oxidation sites excluding steroid dienone is 4. The van der Waals surface area contributed by atoms with Crippen LogP contribution in [0.2, 0.25) is 0 Å². The van der Waals surface area contributed by atoms with Crippen molar-refractivity contribution >= 4 is 19.8 Å². The molecule has 0 aliphatic rings. The molecule has 0 heterocycles. The van der Waals surface area contributed by atoms with E-state index in [2.05, 4.69) is 42.7 Å². The van der Waals surface area contributed by atoms with E-state index in [1.165, 1.54) is 96.3 Å². The Kier molecular flexibility index (Phi) is 35.2. The van der Waals surface area contributed by atoms with E-state index in [1.807, 2.05) is 0 Å². The summed E-state index contributed by atoms with van der Waals surface area (Å²) in [6, 6.07) is 0. The normalized spacial score (nSPS) is 12.7. The molecular weight excluding hydrogens is 639 g/mol. The van der Waals surface area contributed by atoms with Gasteiger partial charge >= 0.3 is 19.8 Å². The predicted octanol–water partition coefficient (Wildman–Crippen LogP) is 12.0. The van der Waals surface area contributed by atoms with Crippen LogP contribution >= 0.6 is 7.82 Å². The fourth-order valence-corrected chi connectivity index (χ4v) is 6.04. The number of ether oxygens (including phenoxy) is 2. The van der Waals surface area contributed by atoms with E-state index in [-0.39, 0.29) is 19.4 Å². The predicted molar refractivity (Wildman–Crippen MR) is 202 cm³/mol. The quantitative estimate of drug-likeness (QED) is 0.0282. The topological polar surface area (TPSA) is 119 Å². The Labute approximate surface area is 300 Å². The van der Waals surface area contributed by atoms with Gasteiger partial charge in [-0.25, -0.2) is 4.57 Å². The van der Waals surface area contributed by atoms with Gasteiger partial charge in [-0.1, -0.05) is 173 Å². The largest absolute Gasteiger partial charge is 0.469 e. The molecule has 1 atom stereocenters. The van der Waals surface area contributed by atoms with Crippen molar-refractivity contribution < 1.29 is 37.9 Å². The Bertz CT molecular complexity index is 853. The SMILES string of the molecule is CCCC/C=C\C/C=C\CCCCCCCC(=O)OC[C@H](COP(=O)(O)O)OC(=O)CCCCCCCCCCCCCCCCCCC.